The lowest BCUT2D eigenvalue weighted by atomic mass is 10.2. The Hall–Kier alpha value is -1.13. The molecular formula is C8H14N2O4S. The molecule has 0 aliphatic rings. The molecule has 0 bridgehead atoms. The fraction of sp³-hybridized carbons (Fsp3) is 0.750. The van der Waals surface area contributed by atoms with Gasteiger partial charge >= 0.3 is 5.97 Å². The van der Waals surface area contributed by atoms with Crippen LogP contribution in [-0.2, 0) is 19.6 Å². The van der Waals surface area contributed by atoms with E-state index < -0.39 is 27.7 Å². The number of rotatable bonds is 5. The second kappa shape index (κ2) is 5.68. The van der Waals surface area contributed by atoms with Gasteiger partial charge in [-0.05, 0) is 0 Å². The highest BCUT2D eigenvalue weighted by molar-refractivity contribution is 7.89. The summed E-state index contributed by atoms with van der Waals surface area (Å²) in [6.07, 6.45) is 0. The van der Waals surface area contributed by atoms with Crippen LogP contribution in [0.2, 0.25) is 0 Å². The van der Waals surface area contributed by atoms with Crippen molar-refractivity contribution in [1.29, 1.82) is 5.26 Å². The standard InChI is InChI=1S/C8H14N2O4S/c1-7(8(11)14-3)6-10(2)15(12,13)5-4-9/h7H,5-6H2,1-3H3. The maximum atomic E-state index is 11.3. The first-order valence-corrected chi connectivity index (χ1v) is 5.85. The van der Waals surface area contributed by atoms with Crippen LogP contribution in [-0.4, -0.2) is 45.1 Å². The van der Waals surface area contributed by atoms with E-state index >= 15 is 0 Å². The molecule has 15 heavy (non-hydrogen) atoms. The molecule has 0 aromatic carbocycles. The maximum absolute atomic E-state index is 11.3. The number of nitrogens with zero attached hydrogens (tertiary/aromatic N) is 2. The second-order valence-electron chi connectivity index (χ2n) is 3.12. The highest BCUT2D eigenvalue weighted by Crippen LogP contribution is 2.05. The van der Waals surface area contributed by atoms with Gasteiger partial charge in [-0.2, -0.15) is 5.26 Å². The Balaban J connectivity index is 4.45. The molecule has 0 saturated heterocycles. The van der Waals surface area contributed by atoms with E-state index in [4.69, 9.17) is 5.26 Å². The molecule has 0 rings (SSSR count). The van der Waals surface area contributed by atoms with Gasteiger partial charge in [-0.25, -0.2) is 12.7 Å². The number of hydrogen-bond acceptors (Lipinski definition) is 5. The lowest BCUT2D eigenvalue weighted by Crippen LogP contribution is -2.35. The lowest BCUT2D eigenvalue weighted by molar-refractivity contribution is -0.144. The minimum Gasteiger partial charge on any atom is -0.469 e. The highest BCUT2D eigenvalue weighted by atomic mass is 32.2. The Bertz CT molecular complexity index is 357. The monoisotopic (exact) mass is 234 g/mol. The van der Waals surface area contributed by atoms with E-state index in [-0.39, 0.29) is 6.54 Å². The van der Waals surface area contributed by atoms with Crippen LogP contribution >= 0.6 is 0 Å². The number of methoxy groups -OCH3 is 1. The predicted molar refractivity (Wildman–Crippen MR) is 53.2 cm³/mol. The van der Waals surface area contributed by atoms with Gasteiger partial charge in [0.1, 0.15) is 0 Å². The topological polar surface area (TPSA) is 87.5 Å². The van der Waals surface area contributed by atoms with Gasteiger partial charge in [0.15, 0.2) is 5.75 Å². The molecule has 86 valence electrons. The van der Waals surface area contributed by atoms with Crippen LogP contribution in [0.1, 0.15) is 6.92 Å². The van der Waals surface area contributed by atoms with Crippen LogP contribution in [0.4, 0.5) is 0 Å². The summed E-state index contributed by atoms with van der Waals surface area (Å²) in [6.45, 7) is 1.57. The summed E-state index contributed by atoms with van der Waals surface area (Å²) in [6, 6.07) is 1.56. The molecule has 7 heteroatoms. The third kappa shape index (κ3) is 4.27. The van der Waals surface area contributed by atoms with Gasteiger partial charge in [-0.3, -0.25) is 4.79 Å². The quantitative estimate of drug-likeness (QED) is 0.603. The lowest BCUT2D eigenvalue weighted by Gasteiger charge is -2.18. The number of nitriles is 1. The summed E-state index contributed by atoms with van der Waals surface area (Å²) in [4.78, 5) is 11.0. The van der Waals surface area contributed by atoms with E-state index in [0.29, 0.717) is 0 Å². The number of esters is 1. The van der Waals surface area contributed by atoms with Crippen LogP contribution in [0.3, 0.4) is 0 Å². The molecule has 0 amide bonds. The van der Waals surface area contributed by atoms with E-state index in [1.165, 1.54) is 14.2 Å². The molecule has 1 unspecified atom stereocenters. The first kappa shape index (κ1) is 13.9. The van der Waals surface area contributed by atoms with E-state index in [1.807, 2.05) is 0 Å². The summed E-state index contributed by atoms with van der Waals surface area (Å²) in [7, 11) is -1.02. The summed E-state index contributed by atoms with van der Waals surface area (Å²) in [5.41, 5.74) is 0. The van der Waals surface area contributed by atoms with Crippen molar-refractivity contribution in [3.8, 4) is 6.07 Å². The average Bonchev–Trinajstić information content (AvgIpc) is 2.16. The maximum Gasteiger partial charge on any atom is 0.309 e. The molecule has 1 atom stereocenters. The zero-order valence-electron chi connectivity index (χ0n) is 8.93. The largest absolute Gasteiger partial charge is 0.469 e. The zero-order chi connectivity index (χ0) is 12.1. The van der Waals surface area contributed by atoms with Crippen molar-refractivity contribution >= 4 is 16.0 Å². The Labute approximate surface area is 89.5 Å². The molecule has 0 fully saturated rings. The van der Waals surface area contributed by atoms with Crippen molar-refractivity contribution in [2.45, 2.75) is 6.92 Å². The molecule has 0 heterocycles. The van der Waals surface area contributed by atoms with E-state index in [0.717, 1.165) is 4.31 Å². The van der Waals surface area contributed by atoms with Crippen LogP contribution in [0, 0.1) is 17.2 Å². The van der Waals surface area contributed by atoms with Crippen molar-refractivity contribution in [1.82, 2.24) is 4.31 Å². The highest BCUT2D eigenvalue weighted by Gasteiger charge is 2.23. The zero-order valence-corrected chi connectivity index (χ0v) is 9.74. The molecule has 0 saturated carbocycles. The summed E-state index contributed by atoms with van der Waals surface area (Å²) < 4.78 is 28.1. The first-order chi connectivity index (χ1) is 6.85. The number of hydrogen-bond donors (Lipinski definition) is 0. The molecule has 0 radical (unpaired) electrons. The van der Waals surface area contributed by atoms with Gasteiger partial charge in [0, 0.05) is 13.6 Å². The average molecular weight is 234 g/mol. The fourth-order valence-corrected chi connectivity index (χ4v) is 1.80. The first-order valence-electron chi connectivity index (χ1n) is 4.24. The van der Waals surface area contributed by atoms with Crippen LogP contribution in [0.25, 0.3) is 0 Å². The Morgan fingerprint density at radius 1 is 1.60 bits per heavy atom. The van der Waals surface area contributed by atoms with Gasteiger partial charge in [0.2, 0.25) is 10.0 Å². The van der Waals surface area contributed by atoms with E-state index in [9.17, 15) is 13.2 Å². The van der Waals surface area contributed by atoms with Crippen molar-refractivity contribution in [2.75, 3.05) is 26.5 Å². The van der Waals surface area contributed by atoms with Gasteiger partial charge in [0.25, 0.3) is 0 Å². The Kier molecular flexibility index (Phi) is 5.25. The third-order valence-corrected chi connectivity index (χ3v) is 3.45. The predicted octanol–water partition coefficient (Wildman–Crippen LogP) is -0.419. The van der Waals surface area contributed by atoms with Gasteiger partial charge in [-0.1, -0.05) is 6.92 Å². The minimum absolute atomic E-state index is 0.0106. The van der Waals surface area contributed by atoms with Crippen LogP contribution in [0.5, 0.6) is 0 Å². The number of carbonyl (C=O) groups excluding carboxylic acids is 1. The normalized spacial score (nSPS) is 13.3. The summed E-state index contributed by atoms with van der Waals surface area (Å²) in [5, 5.41) is 8.29. The molecule has 6 nitrogen and oxygen atoms in total. The summed E-state index contributed by atoms with van der Waals surface area (Å²) >= 11 is 0. The molecular weight excluding hydrogens is 220 g/mol. The van der Waals surface area contributed by atoms with Crippen molar-refractivity contribution in [2.24, 2.45) is 5.92 Å². The van der Waals surface area contributed by atoms with Crippen molar-refractivity contribution < 1.29 is 17.9 Å². The van der Waals surface area contributed by atoms with Gasteiger partial charge in [0.05, 0.1) is 19.1 Å². The second-order valence-corrected chi connectivity index (χ2v) is 5.19. The van der Waals surface area contributed by atoms with Crippen LogP contribution in [0.15, 0.2) is 0 Å². The van der Waals surface area contributed by atoms with E-state index in [2.05, 4.69) is 4.74 Å². The molecule has 0 aliphatic heterocycles. The smallest absolute Gasteiger partial charge is 0.309 e. The Morgan fingerprint density at radius 3 is 2.53 bits per heavy atom. The number of carbonyl (C=O) groups is 1. The van der Waals surface area contributed by atoms with Crippen LogP contribution < -0.4 is 0 Å². The molecule has 0 spiro atoms. The third-order valence-electron chi connectivity index (χ3n) is 1.86. The molecule has 0 N–H and O–H groups in total. The fourth-order valence-electron chi connectivity index (χ4n) is 0.967. The van der Waals surface area contributed by atoms with Crippen molar-refractivity contribution in [3.05, 3.63) is 0 Å². The van der Waals surface area contributed by atoms with Crippen molar-refractivity contribution in [3.63, 3.8) is 0 Å². The number of sulfonamides is 1. The van der Waals surface area contributed by atoms with Gasteiger partial charge in [-0.15, -0.1) is 0 Å². The van der Waals surface area contributed by atoms with E-state index in [1.54, 1.807) is 13.0 Å². The SMILES string of the molecule is COC(=O)C(C)CN(C)S(=O)(=O)CC#N. The van der Waals surface area contributed by atoms with Gasteiger partial charge < -0.3 is 4.74 Å². The molecule has 0 aromatic rings. The Morgan fingerprint density at radius 2 is 2.13 bits per heavy atom. The molecule has 0 aromatic heterocycles. The number of ether oxygens (including phenoxy) is 1. The molecule has 0 aliphatic carbocycles. The minimum atomic E-state index is -3.58. The summed E-state index contributed by atoms with van der Waals surface area (Å²) in [5.74, 6) is -1.61.